The average Bonchev–Trinajstić information content (AvgIpc) is 3.34. The summed E-state index contributed by atoms with van der Waals surface area (Å²) < 4.78 is 1.77. The minimum atomic E-state index is -0.305. The monoisotopic (exact) mass is 333 g/mol. The zero-order chi connectivity index (χ0) is 17.1. The number of pyridine rings is 1. The van der Waals surface area contributed by atoms with Gasteiger partial charge in [0.05, 0.1) is 23.4 Å². The fourth-order valence-corrected chi connectivity index (χ4v) is 3.41. The standard InChI is InChI=1S/C19H15N3O3/c23-16-7-12(11-5-6-11)8-21-9-13(20-17(16)21)10-22-18(24)14-3-1-2-4-15(14)19(22)25/h1-4,7-9,11,23H,5-6,10H2. The topological polar surface area (TPSA) is 74.9 Å². The van der Waals surface area contributed by atoms with Crippen molar-refractivity contribution in [3.05, 3.63) is 65.1 Å². The second kappa shape index (κ2) is 4.92. The zero-order valence-corrected chi connectivity index (χ0v) is 13.3. The van der Waals surface area contributed by atoms with Crippen LogP contribution in [0.3, 0.4) is 0 Å². The second-order valence-corrected chi connectivity index (χ2v) is 6.64. The van der Waals surface area contributed by atoms with Gasteiger partial charge in [0.15, 0.2) is 11.4 Å². The van der Waals surface area contributed by atoms with E-state index in [2.05, 4.69) is 4.98 Å². The maximum atomic E-state index is 12.5. The summed E-state index contributed by atoms with van der Waals surface area (Å²) in [7, 11) is 0. The first-order chi connectivity index (χ1) is 12.1. The van der Waals surface area contributed by atoms with Gasteiger partial charge in [-0.3, -0.25) is 14.5 Å². The lowest BCUT2D eigenvalue weighted by molar-refractivity contribution is 0.0640. The zero-order valence-electron chi connectivity index (χ0n) is 13.3. The second-order valence-electron chi connectivity index (χ2n) is 6.64. The van der Waals surface area contributed by atoms with Crippen molar-refractivity contribution in [2.75, 3.05) is 0 Å². The summed E-state index contributed by atoms with van der Waals surface area (Å²) in [5.74, 6) is 0.0245. The molecular formula is C19H15N3O3. The van der Waals surface area contributed by atoms with E-state index in [1.54, 1.807) is 40.9 Å². The number of rotatable bonds is 3. The predicted octanol–water partition coefficient (Wildman–Crippen LogP) is 2.71. The average molecular weight is 333 g/mol. The van der Waals surface area contributed by atoms with E-state index in [0.717, 1.165) is 18.4 Å². The van der Waals surface area contributed by atoms with Crippen molar-refractivity contribution in [3.63, 3.8) is 0 Å². The molecule has 6 nitrogen and oxygen atoms in total. The number of nitrogens with zero attached hydrogens (tertiary/aromatic N) is 3. The number of aromatic nitrogens is 2. The van der Waals surface area contributed by atoms with Crippen molar-refractivity contribution in [2.45, 2.75) is 25.3 Å². The van der Waals surface area contributed by atoms with Crippen LogP contribution in [0.1, 0.15) is 50.7 Å². The van der Waals surface area contributed by atoms with Crippen molar-refractivity contribution in [2.24, 2.45) is 0 Å². The van der Waals surface area contributed by atoms with E-state index in [-0.39, 0.29) is 24.1 Å². The molecule has 1 aliphatic heterocycles. The first-order valence-electron chi connectivity index (χ1n) is 8.27. The number of carbonyl (C=O) groups excluding carboxylic acids is 2. The lowest BCUT2D eigenvalue weighted by atomic mass is 10.1. The molecule has 1 saturated carbocycles. The highest BCUT2D eigenvalue weighted by atomic mass is 16.3. The summed E-state index contributed by atoms with van der Waals surface area (Å²) in [6.45, 7) is 0.0895. The van der Waals surface area contributed by atoms with Crippen molar-refractivity contribution in [3.8, 4) is 5.75 Å². The molecule has 1 aromatic carbocycles. The molecule has 2 amide bonds. The van der Waals surface area contributed by atoms with Crippen molar-refractivity contribution in [1.82, 2.24) is 14.3 Å². The van der Waals surface area contributed by atoms with Crippen molar-refractivity contribution >= 4 is 17.5 Å². The molecule has 1 aliphatic carbocycles. The third kappa shape index (κ3) is 2.14. The van der Waals surface area contributed by atoms with Gasteiger partial charge >= 0.3 is 0 Å². The maximum Gasteiger partial charge on any atom is 0.261 e. The van der Waals surface area contributed by atoms with E-state index in [1.165, 1.54) is 4.90 Å². The summed E-state index contributed by atoms with van der Waals surface area (Å²) in [5.41, 5.74) is 2.95. The summed E-state index contributed by atoms with van der Waals surface area (Å²) in [5, 5.41) is 10.2. The molecule has 1 N–H and O–H groups in total. The van der Waals surface area contributed by atoms with E-state index in [9.17, 15) is 14.7 Å². The molecule has 0 bridgehead atoms. The number of fused-ring (bicyclic) bond motifs is 2. The molecule has 124 valence electrons. The molecule has 3 aromatic rings. The van der Waals surface area contributed by atoms with Crippen molar-refractivity contribution in [1.29, 1.82) is 0 Å². The summed E-state index contributed by atoms with van der Waals surface area (Å²) >= 11 is 0. The van der Waals surface area contributed by atoms with Crippen molar-refractivity contribution < 1.29 is 14.7 Å². The van der Waals surface area contributed by atoms with E-state index in [1.807, 2.05) is 6.20 Å². The van der Waals surface area contributed by atoms with Crippen LogP contribution in [0.5, 0.6) is 5.75 Å². The fourth-order valence-electron chi connectivity index (χ4n) is 3.41. The molecular weight excluding hydrogens is 318 g/mol. The Balaban J connectivity index is 1.50. The van der Waals surface area contributed by atoms with Crippen LogP contribution in [-0.4, -0.2) is 31.2 Å². The first-order valence-corrected chi connectivity index (χ1v) is 8.27. The lowest BCUT2D eigenvalue weighted by Crippen LogP contribution is -2.29. The Morgan fingerprint density at radius 3 is 2.40 bits per heavy atom. The van der Waals surface area contributed by atoms with Crippen LogP contribution in [0, 0.1) is 0 Å². The van der Waals surface area contributed by atoms with Gasteiger partial charge in [0.1, 0.15) is 0 Å². The molecule has 3 heterocycles. The predicted molar refractivity (Wildman–Crippen MR) is 89.5 cm³/mol. The SMILES string of the molecule is O=C1c2ccccc2C(=O)N1Cc1cn2cc(C3CC3)cc(O)c2n1. The number of imide groups is 1. The smallest absolute Gasteiger partial charge is 0.261 e. The summed E-state index contributed by atoms with van der Waals surface area (Å²) in [4.78, 5) is 30.5. The third-order valence-corrected chi connectivity index (χ3v) is 4.85. The minimum absolute atomic E-state index is 0.0895. The number of hydrogen-bond acceptors (Lipinski definition) is 4. The number of benzene rings is 1. The van der Waals surface area contributed by atoms with Crippen LogP contribution in [0.25, 0.3) is 5.65 Å². The quantitative estimate of drug-likeness (QED) is 0.748. The van der Waals surface area contributed by atoms with Gasteiger partial charge in [0.25, 0.3) is 11.8 Å². The molecule has 1 fully saturated rings. The van der Waals surface area contributed by atoms with Gasteiger partial charge in [0.2, 0.25) is 0 Å². The van der Waals surface area contributed by atoms with E-state index >= 15 is 0 Å². The molecule has 0 radical (unpaired) electrons. The number of carbonyl (C=O) groups is 2. The Kier molecular flexibility index (Phi) is 2.80. The Labute approximate surface area is 143 Å². The first kappa shape index (κ1) is 14.2. The summed E-state index contributed by atoms with van der Waals surface area (Å²) in [6, 6.07) is 8.57. The Hall–Kier alpha value is -3.15. The summed E-state index contributed by atoms with van der Waals surface area (Å²) in [6.07, 6.45) is 6.01. The Morgan fingerprint density at radius 2 is 1.76 bits per heavy atom. The number of amides is 2. The number of hydrogen-bond donors (Lipinski definition) is 1. The van der Waals surface area contributed by atoms with Gasteiger partial charge in [-0.1, -0.05) is 12.1 Å². The minimum Gasteiger partial charge on any atom is -0.504 e. The molecule has 25 heavy (non-hydrogen) atoms. The Morgan fingerprint density at radius 1 is 1.08 bits per heavy atom. The van der Waals surface area contributed by atoms with Crippen LogP contribution >= 0.6 is 0 Å². The molecule has 2 aliphatic rings. The highest BCUT2D eigenvalue weighted by Crippen LogP contribution is 2.41. The van der Waals surface area contributed by atoms with E-state index in [4.69, 9.17) is 0 Å². The van der Waals surface area contributed by atoms with E-state index in [0.29, 0.717) is 28.4 Å². The van der Waals surface area contributed by atoms with Gasteiger partial charge in [-0.25, -0.2) is 4.98 Å². The van der Waals surface area contributed by atoms with Crippen LogP contribution in [0.2, 0.25) is 0 Å². The molecule has 0 atom stereocenters. The van der Waals surface area contributed by atoms with Gasteiger partial charge in [-0.05, 0) is 42.5 Å². The molecule has 0 unspecified atom stereocenters. The van der Waals surface area contributed by atoms with Crippen LogP contribution in [0.15, 0.2) is 42.7 Å². The van der Waals surface area contributed by atoms with Gasteiger partial charge in [0, 0.05) is 12.4 Å². The van der Waals surface area contributed by atoms with Gasteiger partial charge in [-0.15, -0.1) is 0 Å². The van der Waals surface area contributed by atoms with Gasteiger partial charge < -0.3 is 9.51 Å². The molecule has 6 heteroatoms. The third-order valence-electron chi connectivity index (χ3n) is 4.85. The Bertz CT molecular complexity index is 1010. The van der Waals surface area contributed by atoms with E-state index < -0.39 is 0 Å². The van der Waals surface area contributed by atoms with Crippen LogP contribution < -0.4 is 0 Å². The molecule has 5 rings (SSSR count). The van der Waals surface area contributed by atoms with Crippen LogP contribution in [-0.2, 0) is 6.54 Å². The van der Waals surface area contributed by atoms with Gasteiger partial charge in [-0.2, -0.15) is 0 Å². The molecule has 0 saturated heterocycles. The number of imidazole rings is 1. The maximum absolute atomic E-state index is 12.5. The molecule has 2 aromatic heterocycles. The number of aromatic hydroxyl groups is 1. The normalized spacial score (nSPS) is 16.7. The lowest BCUT2D eigenvalue weighted by Gasteiger charge is -2.11. The fraction of sp³-hybridized carbons (Fsp3) is 0.211. The van der Waals surface area contributed by atoms with Crippen LogP contribution in [0.4, 0.5) is 0 Å². The largest absolute Gasteiger partial charge is 0.504 e. The highest BCUT2D eigenvalue weighted by Gasteiger charge is 2.35. The molecule has 0 spiro atoms. The highest BCUT2D eigenvalue weighted by molar-refractivity contribution is 6.21.